The molecule has 3 N–H and O–H groups in total. The number of carbonyl (C=O) groups excluding carboxylic acids is 4. The van der Waals surface area contributed by atoms with Gasteiger partial charge in [0, 0.05) is 18.4 Å². The smallest absolute Gasteiger partial charge is 0.408 e. The molecule has 1 aromatic carbocycles. The highest BCUT2D eigenvalue weighted by Gasteiger charge is 2.62. The third kappa shape index (κ3) is 7.85. The second-order valence-corrected chi connectivity index (χ2v) is 18.4. The zero-order valence-electron chi connectivity index (χ0n) is 31.3. The Morgan fingerprint density at radius 3 is 2.54 bits per heavy atom. The summed E-state index contributed by atoms with van der Waals surface area (Å²) in [5, 5.41) is 4.96. The lowest BCUT2D eigenvalue weighted by Crippen LogP contribution is -2.60. The van der Waals surface area contributed by atoms with E-state index in [4.69, 9.17) is 24.2 Å². The third-order valence-electron chi connectivity index (χ3n) is 11.3. The van der Waals surface area contributed by atoms with Gasteiger partial charge in [-0.25, -0.2) is 23.2 Å². The molecule has 1 unspecified atom stereocenters. The number of methoxy groups -OCH3 is 1. The number of aromatic nitrogens is 2. The summed E-state index contributed by atoms with van der Waals surface area (Å²) in [7, 11) is -2.33. The minimum Gasteiger partial charge on any atom is -0.497 e. The fraction of sp³-hybridized carbons (Fsp3) is 0.632. The summed E-state index contributed by atoms with van der Waals surface area (Å²) in [6, 6.07) is 3.20. The van der Waals surface area contributed by atoms with Crippen molar-refractivity contribution in [2.45, 2.75) is 120 Å². The van der Waals surface area contributed by atoms with Crippen LogP contribution in [0.3, 0.4) is 0 Å². The van der Waals surface area contributed by atoms with Crippen LogP contribution in [0.4, 0.5) is 4.79 Å². The largest absolute Gasteiger partial charge is 0.497 e. The van der Waals surface area contributed by atoms with Gasteiger partial charge in [0.1, 0.15) is 41.3 Å². The molecule has 1 saturated heterocycles. The zero-order valence-corrected chi connectivity index (χ0v) is 32.1. The molecule has 4 fully saturated rings. The molecule has 3 heterocycles. The van der Waals surface area contributed by atoms with Gasteiger partial charge in [-0.05, 0) is 68.4 Å². The van der Waals surface area contributed by atoms with E-state index in [1.54, 1.807) is 13.2 Å². The first-order valence-corrected chi connectivity index (χ1v) is 20.5. The van der Waals surface area contributed by atoms with E-state index in [0.717, 1.165) is 32.1 Å². The molecule has 15 nitrogen and oxygen atoms in total. The Hall–Kier alpha value is -4.47. The molecule has 7 atom stereocenters. The van der Waals surface area contributed by atoms with Crippen molar-refractivity contribution in [1.29, 1.82) is 0 Å². The second kappa shape index (κ2) is 14.3. The van der Waals surface area contributed by atoms with E-state index >= 15 is 0 Å². The molecule has 54 heavy (non-hydrogen) atoms. The highest BCUT2D eigenvalue weighted by atomic mass is 32.2. The molecule has 3 aliphatic carbocycles. The quantitative estimate of drug-likeness (QED) is 0.350. The lowest BCUT2D eigenvalue weighted by molar-refractivity contribution is -0.142. The maximum Gasteiger partial charge on any atom is 0.408 e. The zero-order chi connectivity index (χ0) is 38.6. The number of ether oxygens (including phenoxy) is 3. The van der Waals surface area contributed by atoms with Crippen LogP contribution in [0.5, 0.6) is 11.6 Å². The summed E-state index contributed by atoms with van der Waals surface area (Å²) in [5.41, 5.74) is -0.451. The normalized spacial score (nSPS) is 30.3. The molecule has 292 valence electrons. The summed E-state index contributed by atoms with van der Waals surface area (Å²) in [6.45, 7) is 9.18. The molecule has 1 aromatic heterocycles. The lowest BCUT2D eigenvalue weighted by Gasteiger charge is -2.35. The Balaban J connectivity index is 1.22. The number of hydrogen-bond donors (Lipinski definition) is 3. The van der Waals surface area contributed by atoms with Crippen molar-refractivity contribution in [3.63, 3.8) is 0 Å². The number of aryl methyl sites for hydroxylation is 1. The number of benzene rings is 1. The third-order valence-corrected chi connectivity index (χ3v) is 13.1. The van der Waals surface area contributed by atoms with Crippen molar-refractivity contribution in [3.05, 3.63) is 36.5 Å². The molecule has 4 amide bonds. The standard InChI is InChI=1S/C38H50N6O9S/c1-6-22-19-38(22,35(47)43-54(49,50)25-13-14-25)42-32(45)29-18-24-20-44(29)34(46)31(37(2,3)4)41-36(48)53-30-16-21(30)10-8-7-9-11-27-33(52-24)40-28-17-23(51-5)12-15-26(28)39-27/h6,12,15,17,21-22,24-25,29-31H,1,7-11,13-14,16,18-20H2,2-5H3,(H,41,48)(H,42,45)(H,43,47)/t21-,22-,24?,29+,30-,31-,38-/m1/s1. The van der Waals surface area contributed by atoms with Gasteiger partial charge in [0.15, 0.2) is 0 Å². The number of carbonyl (C=O) groups is 4. The van der Waals surface area contributed by atoms with Crippen molar-refractivity contribution >= 4 is 44.9 Å². The summed E-state index contributed by atoms with van der Waals surface area (Å²) < 4.78 is 45.3. The van der Waals surface area contributed by atoms with E-state index in [0.29, 0.717) is 47.6 Å². The number of sulfonamides is 1. The van der Waals surface area contributed by atoms with Crippen LogP contribution >= 0.6 is 0 Å². The average Bonchev–Trinajstić information content (AvgIpc) is 4.04. The van der Waals surface area contributed by atoms with Crippen LogP contribution in [0, 0.1) is 17.3 Å². The molecule has 0 radical (unpaired) electrons. The fourth-order valence-electron chi connectivity index (χ4n) is 7.64. The van der Waals surface area contributed by atoms with E-state index in [1.807, 2.05) is 32.9 Å². The van der Waals surface area contributed by atoms with Crippen molar-refractivity contribution < 1.29 is 41.8 Å². The molecule has 2 aliphatic heterocycles. The average molecular weight is 767 g/mol. The van der Waals surface area contributed by atoms with Crippen LogP contribution in [0.25, 0.3) is 11.0 Å². The maximum absolute atomic E-state index is 14.6. The Morgan fingerprint density at radius 1 is 1.07 bits per heavy atom. The van der Waals surface area contributed by atoms with E-state index < -0.39 is 74.1 Å². The highest BCUT2D eigenvalue weighted by Crippen LogP contribution is 2.46. The predicted molar refractivity (Wildman–Crippen MR) is 197 cm³/mol. The van der Waals surface area contributed by atoms with Gasteiger partial charge in [-0.3, -0.25) is 19.1 Å². The number of hydrogen-bond acceptors (Lipinski definition) is 11. The number of rotatable bonds is 7. The first-order chi connectivity index (χ1) is 25.6. The molecule has 0 spiro atoms. The predicted octanol–water partition coefficient (Wildman–Crippen LogP) is 3.30. The summed E-state index contributed by atoms with van der Waals surface area (Å²) in [6.07, 6.45) is 5.93. The van der Waals surface area contributed by atoms with Crippen LogP contribution in [0.15, 0.2) is 30.9 Å². The molecular weight excluding hydrogens is 717 g/mol. The minimum absolute atomic E-state index is 0.0245. The van der Waals surface area contributed by atoms with E-state index in [2.05, 4.69) is 21.9 Å². The van der Waals surface area contributed by atoms with Gasteiger partial charge in [0.2, 0.25) is 27.7 Å². The summed E-state index contributed by atoms with van der Waals surface area (Å²) in [4.78, 5) is 66.8. The second-order valence-electron chi connectivity index (χ2n) is 16.5. The maximum atomic E-state index is 14.6. The van der Waals surface area contributed by atoms with Crippen LogP contribution in [-0.2, 0) is 35.6 Å². The van der Waals surface area contributed by atoms with Gasteiger partial charge >= 0.3 is 6.09 Å². The van der Waals surface area contributed by atoms with Gasteiger partial charge in [0.05, 0.1) is 29.9 Å². The van der Waals surface area contributed by atoms with E-state index in [1.165, 1.54) is 11.0 Å². The Bertz CT molecular complexity index is 1960. The van der Waals surface area contributed by atoms with E-state index in [9.17, 15) is 27.6 Å². The molecule has 2 aromatic rings. The lowest BCUT2D eigenvalue weighted by atomic mass is 9.85. The molecular formula is C38H50N6O9S. The summed E-state index contributed by atoms with van der Waals surface area (Å²) in [5.74, 6) is -1.39. The minimum atomic E-state index is -3.90. The monoisotopic (exact) mass is 766 g/mol. The first-order valence-electron chi connectivity index (χ1n) is 18.9. The SMILES string of the molecule is C=C[C@@H]1C[C@]1(NC(=O)[C@@H]1CC2CN1C(=O)[C@H](C(C)(C)C)NC(=O)O[C@@H]1C[C@H]1CCCCCc1nc3ccc(OC)cc3nc1O2)C(=O)NS(=O)(=O)C1CC1. The van der Waals surface area contributed by atoms with E-state index in [-0.39, 0.29) is 31.4 Å². The van der Waals surface area contributed by atoms with Crippen molar-refractivity contribution in [2.24, 2.45) is 17.3 Å². The van der Waals surface area contributed by atoms with Crippen molar-refractivity contribution in [1.82, 2.24) is 30.2 Å². The van der Waals surface area contributed by atoms with Gasteiger partial charge < -0.3 is 29.7 Å². The van der Waals surface area contributed by atoms with Gasteiger partial charge in [-0.2, -0.15) is 0 Å². The molecule has 16 heteroatoms. The molecule has 3 saturated carbocycles. The fourth-order valence-corrected chi connectivity index (χ4v) is 9.00. The summed E-state index contributed by atoms with van der Waals surface area (Å²) >= 11 is 0. The van der Waals surface area contributed by atoms with Gasteiger partial charge in [0.25, 0.3) is 5.91 Å². The Kier molecular flexibility index (Phi) is 10.0. The van der Waals surface area contributed by atoms with Crippen molar-refractivity contribution in [2.75, 3.05) is 13.7 Å². The Morgan fingerprint density at radius 2 is 1.85 bits per heavy atom. The number of alkyl carbamates (subject to hydrolysis) is 1. The van der Waals surface area contributed by atoms with Crippen LogP contribution in [0.1, 0.15) is 84.3 Å². The van der Waals surface area contributed by atoms with Crippen LogP contribution in [0.2, 0.25) is 0 Å². The number of nitrogens with zero attached hydrogens (tertiary/aromatic N) is 3. The van der Waals surface area contributed by atoms with Gasteiger partial charge in [-0.15, -0.1) is 6.58 Å². The molecule has 2 bridgehead atoms. The number of nitrogens with one attached hydrogen (secondary N) is 3. The topological polar surface area (TPSA) is 195 Å². The van der Waals surface area contributed by atoms with Crippen LogP contribution < -0.4 is 24.8 Å². The van der Waals surface area contributed by atoms with Gasteiger partial charge in [-0.1, -0.05) is 39.7 Å². The van der Waals surface area contributed by atoms with Crippen molar-refractivity contribution in [3.8, 4) is 11.6 Å². The number of fused-ring (bicyclic) bond motifs is 5. The highest BCUT2D eigenvalue weighted by molar-refractivity contribution is 7.91. The molecule has 7 rings (SSSR count). The Labute approximate surface area is 315 Å². The van der Waals surface area contributed by atoms with Crippen LogP contribution in [-0.4, -0.2) is 95.8 Å². The first kappa shape index (κ1) is 37.8. The number of amides is 4. The molecule has 5 aliphatic rings.